The first-order valence-electron chi connectivity index (χ1n) is 10.1. The largest absolute Gasteiger partial charge is 0.489 e. The molecule has 2 aromatic rings. The van der Waals surface area contributed by atoms with Crippen LogP contribution in [0.15, 0.2) is 34.1 Å². The van der Waals surface area contributed by atoms with E-state index in [0.29, 0.717) is 31.3 Å². The smallest absolute Gasteiger partial charge is 0.345 e. The fourth-order valence-corrected chi connectivity index (χ4v) is 3.28. The molecular weight excluding hydrogens is 375 g/mol. The van der Waals surface area contributed by atoms with Gasteiger partial charge in [0.25, 0.3) is 0 Å². The molecule has 0 aliphatic carbocycles. The van der Waals surface area contributed by atoms with Gasteiger partial charge in [-0.1, -0.05) is 0 Å². The molecule has 158 valence electrons. The molecule has 2 N–H and O–H groups in total. The van der Waals surface area contributed by atoms with Crippen LogP contribution in [0.2, 0.25) is 0 Å². The maximum absolute atomic E-state index is 12.9. The summed E-state index contributed by atoms with van der Waals surface area (Å²) >= 11 is 0. The van der Waals surface area contributed by atoms with Crippen molar-refractivity contribution in [1.82, 2.24) is 25.0 Å². The fourth-order valence-electron chi connectivity index (χ4n) is 3.28. The van der Waals surface area contributed by atoms with Gasteiger partial charge in [0, 0.05) is 33.1 Å². The van der Waals surface area contributed by atoms with Gasteiger partial charge in [-0.05, 0) is 50.5 Å². The average molecular weight is 404 g/mol. The molecule has 1 unspecified atom stereocenters. The topological polar surface area (TPSA) is 85.5 Å². The normalized spacial score (nSPS) is 14.9. The Balaban J connectivity index is 1.37. The highest BCUT2D eigenvalue weighted by Crippen LogP contribution is 2.12. The van der Waals surface area contributed by atoms with Crippen molar-refractivity contribution in [2.75, 3.05) is 20.1 Å². The van der Waals surface area contributed by atoms with Gasteiger partial charge in [0.1, 0.15) is 23.5 Å². The summed E-state index contributed by atoms with van der Waals surface area (Å²) in [4.78, 5) is 16.5. The van der Waals surface area contributed by atoms with Crippen molar-refractivity contribution in [3.8, 4) is 5.75 Å². The van der Waals surface area contributed by atoms with Gasteiger partial charge in [-0.15, -0.1) is 0 Å². The van der Waals surface area contributed by atoms with Crippen LogP contribution in [-0.4, -0.2) is 46.5 Å². The zero-order valence-corrected chi connectivity index (χ0v) is 17.0. The van der Waals surface area contributed by atoms with Crippen LogP contribution >= 0.6 is 0 Å². The lowest BCUT2D eigenvalue weighted by atomic mass is 10.2. The van der Waals surface area contributed by atoms with E-state index in [-0.39, 0.29) is 17.6 Å². The minimum atomic E-state index is -0.286. The minimum Gasteiger partial charge on any atom is -0.489 e. The molecule has 29 heavy (non-hydrogen) atoms. The van der Waals surface area contributed by atoms with E-state index in [2.05, 4.69) is 20.7 Å². The number of aromatic nitrogens is 3. The lowest BCUT2D eigenvalue weighted by Crippen LogP contribution is -2.42. The minimum absolute atomic E-state index is 0.00558. The molecule has 0 saturated heterocycles. The van der Waals surface area contributed by atoms with Gasteiger partial charge in [0.05, 0.1) is 6.54 Å². The SMILES string of the molecule is CN=C(NCCCn1nc2n(c1=O)CCCC2)NCC(C)Oc1ccc(F)cc1. The molecule has 1 atom stereocenters. The van der Waals surface area contributed by atoms with E-state index >= 15 is 0 Å². The van der Waals surface area contributed by atoms with Gasteiger partial charge in [0.2, 0.25) is 0 Å². The second-order valence-electron chi connectivity index (χ2n) is 7.15. The first kappa shape index (κ1) is 20.9. The Morgan fingerprint density at radius 1 is 1.31 bits per heavy atom. The summed E-state index contributed by atoms with van der Waals surface area (Å²) in [5.74, 6) is 1.90. The lowest BCUT2D eigenvalue weighted by Gasteiger charge is -2.17. The van der Waals surface area contributed by atoms with Crippen LogP contribution in [0.1, 0.15) is 32.0 Å². The van der Waals surface area contributed by atoms with E-state index in [1.807, 2.05) is 6.92 Å². The van der Waals surface area contributed by atoms with E-state index < -0.39 is 0 Å². The first-order valence-corrected chi connectivity index (χ1v) is 10.1. The van der Waals surface area contributed by atoms with Gasteiger partial charge in [-0.3, -0.25) is 9.56 Å². The van der Waals surface area contributed by atoms with Crippen molar-refractivity contribution in [1.29, 1.82) is 0 Å². The third-order valence-corrected chi connectivity index (χ3v) is 4.80. The summed E-state index contributed by atoms with van der Waals surface area (Å²) in [6.45, 7) is 4.50. The number of hydrogen-bond acceptors (Lipinski definition) is 4. The van der Waals surface area contributed by atoms with Crippen molar-refractivity contribution in [3.63, 3.8) is 0 Å². The lowest BCUT2D eigenvalue weighted by molar-refractivity contribution is 0.223. The number of rotatable bonds is 8. The highest BCUT2D eigenvalue weighted by atomic mass is 19.1. The quantitative estimate of drug-likeness (QED) is 0.396. The maximum atomic E-state index is 12.9. The Bertz CT molecular complexity index is 874. The van der Waals surface area contributed by atoms with Crippen LogP contribution in [0.25, 0.3) is 0 Å². The Morgan fingerprint density at radius 3 is 2.83 bits per heavy atom. The number of halogens is 1. The summed E-state index contributed by atoms with van der Waals surface area (Å²) in [6.07, 6.45) is 3.68. The van der Waals surface area contributed by atoms with Crippen LogP contribution in [0, 0.1) is 5.82 Å². The van der Waals surface area contributed by atoms with E-state index in [9.17, 15) is 9.18 Å². The van der Waals surface area contributed by atoms with Crippen LogP contribution in [0.5, 0.6) is 5.75 Å². The number of guanidine groups is 1. The summed E-state index contributed by atoms with van der Waals surface area (Å²) < 4.78 is 22.0. The standard InChI is InChI=1S/C20H29FN6O2/c1-15(29-17-9-7-16(21)8-10-17)14-24-19(22-2)23-11-5-13-27-20(28)26-12-4-3-6-18(26)25-27/h7-10,15H,3-6,11-14H2,1-2H3,(H2,22,23,24). The van der Waals surface area contributed by atoms with Crippen LogP contribution in [0.3, 0.4) is 0 Å². The molecular formula is C20H29FN6O2. The number of aliphatic imine (C=N–C) groups is 1. The maximum Gasteiger partial charge on any atom is 0.345 e. The zero-order valence-electron chi connectivity index (χ0n) is 17.0. The van der Waals surface area contributed by atoms with Crippen molar-refractivity contribution in [2.24, 2.45) is 4.99 Å². The molecule has 3 rings (SSSR count). The monoisotopic (exact) mass is 404 g/mol. The molecule has 1 aliphatic heterocycles. The molecule has 0 spiro atoms. The van der Waals surface area contributed by atoms with Crippen molar-refractivity contribution in [2.45, 2.75) is 51.8 Å². The second kappa shape index (κ2) is 10.1. The predicted octanol–water partition coefficient (Wildman–Crippen LogP) is 1.54. The van der Waals surface area contributed by atoms with Gasteiger partial charge in [-0.25, -0.2) is 13.9 Å². The Labute approximate surface area is 169 Å². The highest BCUT2D eigenvalue weighted by molar-refractivity contribution is 5.79. The number of benzene rings is 1. The zero-order chi connectivity index (χ0) is 20.6. The molecule has 1 aromatic carbocycles. The highest BCUT2D eigenvalue weighted by Gasteiger charge is 2.16. The first-order chi connectivity index (χ1) is 14.1. The number of hydrogen-bond donors (Lipinski definition) is 2. The van der Waals surface area contributed by atoms with Crippen LogP contribution in [-0.2, 0) is 19.5 Å². The summed E-state index contributed by atoms with van der Waals surface area (Å²) in [5.41, 5.74) is -0.00558. The Hall–Kier alpha value is -2.84. The number of nitrogens with zero attached hydrogens (tertiary/aromatic N) is 4. The fraction of sp³-hybridized carbons (Fsp3) is 0.550. The average Bonchev–Trinajstić information content (AvgIpc) is 3.05. The van der Waals surface area contributed by atoms with Gasteiger partial charge in [-0.2, -0.15) is 5.10 Å². The molecule has 0 bridgehead atoms. The summed E-state index contributed by atoms with van der Waals surface area (Å²) in [5, 5.41) is 10.9. The van der Waals surface area contributed by atoms with Gasteiger partial charge >= 0.3 is 5.69 Å². The molecule has 9 heteroatoms. The van der Waals surface area contributed by atoms with E-state index in [0.717, 1.165) is 38.1 Å². The number of nitrogens with one attached hydrogen (secondary N) is 2. The summed E-state index contributed by atoms with van der Waals surface area (Å²) in [7, 11) is 1.70. The van der Waals surface area contributed by atoms with Gasteiger partial charge in [0.15, 0.2) is 5.96 Å². The number of aryl methyl sites for hydroxylation is 2. The van der Waals surface area contributed by atoms with Crippen molar-refractivity contribution >= 4 is 5.96 Å². The van der Waals surface area contributed by atoms with Crippen LogP contribution in [0.4, 0.5) is 4.39 Å². The molecule has 0 saturated carbocycles. The molecule has 0 fully saturated rings. The molecule has 2 heterocycles. The molecule has 1 aliphatic rings. The van der Waals surface area contributed by atoms with E-state index in [1.165, 1.54) is 12.1 Å². The Kier molecular flexibility index (Phi) is 7.26. The molecule has 8 nitrogen and oxygen atoms in total. The van der Waals surface area contributed by atoms with Gasteiger partial charge < -0.3 is 15.4 Å². The van der Waals surface area contributed by atoms with Crippen molar-refractivity contribution in [3.05, 3.63) is 46.4 Å². The second-order valence-corrected chi connectivity index (χ2v) is 7.15. The molecule has 0 amide bonds. The molecule has 0 radical (unpaired) electrons. The van der Waals surface area contributed by atoms with E-state index in [4.69, 9.17) is 4.74 Å². The van der Waals surface area contributed by atoms with Crippen molar-refractivity contribution < 1.29 is 9.13 Å². The third-order valence-electron chi connectivity index (χ3n) is 4.80. The Morgan fingerprint density at radius 2 is 2.10 bits per heavy atom. The van der Waals surface area contributed by atoms with E-state index in [1.54, 1.807) is 28.4 Å². The third kappa shape index (κ3) is 5.82. The predicted molar refractivity (Wildman–Crippen MR) is 110 cm³/mol. The summed E-state index contributed by atoms with van der Waals surface area (Å²) in [6, 6.07) is 5.96. The number of fused-ring (bicyclic) bond motifs is 1. The number of ether oxygens (including phenoxy) is 1. The van der Waals surface area contributed by atoms with Crippen LogP contribution < -0.4 is 21.1 Å². The molecule has 1 aromatic heterocycles.